The molecular weight excluding hydrogens is 340 g/mol. The van der Waals surface area contributed by atoms with E-state index >= 15 is 0 Å². The Morgan fingerprint density at radius 3 is 2.78 bits per heavy atom. The third-order valence-electron chi connectivity index (χ3n) is 5.69. The summed E-state index contributed by atoms with van der Waals surface area (Å²) >= 11 is 0. The molecule has 0 spiro atoms. The zero-order chi connectivity index (χ0) is 18.8. The van der Waals surface area contributed by atoms with E-state index in [0.717, 1.165) is 55.1 Å². The van der Waals surface area contributed by atoms with Crippen LogP contribution in [0.4, 0.5) is 5.69 Å². The average Bonchev–Trinajstić information content (AvgIpc) is 3.34. The predicted octanol–water partition coefficient (Wildman–Crippen LogP) is 3.43. The molecule has 1 atom stereocenters. The molecule has 0 N–H and O–H groups in total. The molecule has 1 saturated heterocycles. The Hall–Kier alpha value is -2.53. The van der Waals surface area contributed by atoms with Crippen molar-refractivity contribution in [3.8, 4) is 11.5 Å². The van der Waals surface area contributed by atoms with Crippen LogP contribution in [0.15, 0.2) is 42.5 Å². The van der Waals surface area contributed by atoms with E-state index < -0.39 is 0 Å². The number of nitrogens with zero attached hydrogens (tertiary/aromatic N) is 2. The summed E-state index contributed by atoms with van der Waals surface area (Å²) in [6.45, 7) is 2.13. The van der Waals surface area contributed by atoms with Gasteiger partial charge in [0.25, 0.3) is 0 Å². The van der Waals surface area contributed by atoms with Gasteiger partial charge < -0.3 is 14.4 Å². The molecule has 142 valence electrons. The van der Waals surface area contributed by atoms with Crippen molar-refractivity contribution in [1.82, 2.24) is 4.90 Å². The van der Waals surface area contributed by atoms with Gasteiger partial charge in [-0.25, -0.2) is 0 Å². The van der Waals surface area contributed by atoms with Crippen molar-refractivity contribution in [3.05, 3.63) is 53.6 Å². The van der Waals surface area contributed by atoms with Gasteiger partial charge in [-0.1, -0.05) is 18.2 Å². The van der Waals surface area contributed by atoms with Crippen molar-refractivity contribution in [2.75, 3.05) is 38.8 Å². The Balaban J connectivity index is 1.54. The molecule has 0 saturated carbocycles. The van der Waals surface area contributed by atoms with Gasteiger partial charge in [0.2, 0.25) is 5.91 Å². The topological polar surface area (TPSA) is 42.0 Å². The van der Waals surface area contributed by atoms with Crippen molar-refractivity contribution in [1.29, 1.82) is 0 Å². The van der Waals surface area contributed by atoms with Crippen molar-refractivity contribution in [2.24, 2.45) is 0 Å². The van der Waals surface area contributed by atoms with Crippen molar-refractivity contribution < 1.29 is 14.3 Å². The molecule has 5 heteroatoms. The second kappa shape index (κ2) is 7.61. The van der Waals surface area contributed by atoms with E-state index in [9.17, 15) is 4.79 Å². The summed E-state index contributed by atoms with van der Waals surface area (Å²) in [4.78, 5) is 17.3. The number of rotatable bonds is 5. The number of para-hydroxylation sites is 1. The van der Waals surface area contributed by atoms with E-state index in [2.05, 4.69) is 11.0 Å². The molecule has 2 heterocycles. The van der Waals surface area contributed by atoms with Crippen LogP contribution in [0.5, 0.6) is 11.5 Å². The van der Waals surface area contributed by atoms with Crippen LogP contribution in [-0.4, -0.2) is 44.7 Å². The molecule has 0 bridgehead atoms. The lowest BCUT2D eigenvalue weighted by atomic mass is 10.0. The number of amides is 1. The quantitative estimate of drug-likeness (QED) is 0.813. The number of carbonyl (C=O) groups excluding carboxylic acids is 1. The molecule has 0 aromatic heterocycles. The van der Waals surface area contributed by atoms with E-state index in [1.54, 1.807) is 14.2 Å². The van der Waals surface area contributed by atoms with Crippen LogP contribution in [0, 0.1) is 0 Å². The van der Waals surface area contributed by atoms with Gasteiger partial charge in [0.15, 0.2) is 0 Å². The van der Waals surface area contributed by atoms with E-state index in [1.165, 1.54) is 5.56 Å². The third-order valence-corrected chi connectivity index (χ3v) is 5.69. The number of hydrogen-bond donors (Lipinski definition) is 0. The molecule has 2 aliphatic rings. The Bertz CT molecular complexity index is 836. The zero-order valence-electron chi connectivity index (χ0n) is 16.0. The highest BCUT2D eigenvalue weighted by Gasteiger charge is 2.32. The van der Waals surface area contributed by atoms with Crippen molar-refractivity contribution >= 4 is 11.6 Å². The van der Waals surface area contributed by atoms with E-state index in [0.29, 0.717) is 6.54 Å². The van der Waals surface area contributed by atoms with Crippen molar-refractivity contribution in [2.45, 2.75) is 25.3 Å². The second-order valence-electron chi connectivity index (χ2n) is 7.16. The first-order valence-corrected chi connectivity index (χ1v) is 9.55. The number of hydrogen-bond acceptors (Lipinski definition) is 4. The fraction of sp³-hybridized carbons (Fsp3) is 0.409. The molecule has 4 rings (SSSR count). The molecule has 2 aliphatic heterocycles. The number of ether oxygens (including phenoxy) is 2. The highest BCUT2D eigenvalue weighted by molar-refractivity contribution is 5.96. The lowest BCUT2D eigenvalue weighted by Crippen LogP contribution is -2.39. The summed E-state index contributed by atoms with van der Waals surface area (Å²) in [7, 11) is 3.36. The molecule has 0 radical (unpaired) electrons. The predicted molar refractivity (Wildman–Crippen MR) is 106 cm³/mol. The molecule has 5 nitrogen and oxygen atoms in total. The van der Waals surface area contributed by atoms with Gasteiger partial charge >= 0.3 is 0 Å². The number of likely N-dealkylation sites (tertiary alicyclic amines) is 1. The molecule has 1 amide bonds. The SMILES string of the molecule is COc1ccc(OC)c([C@@H]2CCCN2CC(=O)N2CCc3ccccc32)c1. The van der Waals surface area contributed by atoms with Gasteiger partial charge in [0.05, 0.1) is 20.8 Å². The molecule has 2 aromatic rings. The van der Waals surface area contributed by atoms with E-state index in [1.807, 2.05) is 41.3 Å². The fourth-order valence-corrected chi connectivity index (χ4v) is 4.32. The summed E-state index contributed by atoms with van der Waals surface area (Å²) in [5.41, 5.74) is 3.43. The van der Waals surface area contributed by atoms with Gasteiger partial charge in [-0.2, -0.15) is 0 Å². The van der Waals surface area contributed by atoms with Crippen LogP contribution in [0.2, 0.25) is 0 Å². The van der Waals surface area contributed by atoms with E-state index in [4.69, 9.17) is 9.47 Å². The van der Waals surface area contributed by atoms with Gasteiger partial charge in [-0.05, 0) is 55.6 Å². The maximum Gasteiger partial charge on any atom is 0.241 e. The van der Waals surface area contributed by atoms with Gasteiger partial charge in [0, 0.05) is 23.8 Å². The van der Waals surface area contributed by atoms with Gasteiger partial charge in [-0.3, -0.25) is 9.69 Å². The van der Waals surface area contributed by atoms with Gasteiger partial charge in [0.1, 0.15) is 11.5 Å². The first kappa shape index (κ1) is 17.9. The maximum atomic E-state index is 13.0. The Labute approximate surface area is 160 Å². The summed E-state index contributed by atoms with van der Waals surface area (Å²) in [6, 6.07) is 14.3. The van der Waals surface area contributed by atoms with Crippen LogP contribution >= 0.6 is 0 Å². The van der Waals surface area contributed by atoms with Crippen LogP contribution in [0.1, 0.15) is 30.0 Å². The molecule has 27 heavy (non-hydrogen) atoms. The Morgan fingerprint density at radius 1 is 1.11 bits per heavy atom. The lowest BCUT2D eigenvalue weighted by molar-refractivity contribution is -0.119. The minimum Gasteiger partial charge on any atom is -0.497 e. The summed E-state index contributed by atoms with van der Waals surface area (Å²) < 4.78 is 11.0. The highest BCUT2D eigenvalue weighted by Crippen LogP contribution is 2.39. The maximum absolute atomic E-state index is 13.0. The number of anilines is 1. The van der Waals surface area contributed by atoms with Crippen LogP contribution in [-0.2, 0) is 11.2 Å². The molecule has 2 aromatic carbocycles. The lowest BCUT2D eigenvalue weighted by Gasteiger charge is -2.28. The van der Waals surface area contributed by atoms with Crippen LogP contribution in [0.3, 0.4) is 0 Å². The first-order chi connectivity index (χ1) is 13.2. The zero-order valence-corrected chi connectivity index (χ0v) is 16.0. The largest absolute Gasteiger partial charge is 0.497 e. The summed E-state index contributed by atoms with van der Waals surface area (Å²) in [6.07, 6.45) is 3.04. The fourth-order valence-electron chi connectivity index (χ4n) is 4.32. The van der Waals surface area contributed by atoms with Crippen molar-refractivity contribution in [3.63, 3.8) is 0 Å². The summed E-state index contributed by atoms with van der Waals surface area (Å²) in [5.74, 6) is 1.85. The number of fused-ring (bicyclic) bond motifs is 1. The summed E-state index contributed by atoms with van der Waals surface area (Å²) in [5, 5.41) is 0. The minimum atomic E-state index is 0.175. The van der Waals surface area contributed by atoms with Gasteiger partial charge in [-0.15, -0.1) is 0 Å². The third kappa shape index (κ3) is 3.39. The Morgan fingerprint density at radius 2 is 1.96 bits per heavy atom. The highest BCUT2D eigenvalue weighted by atomic mass is 16.5. The number of carbonyl (C=O) groups is 1. The standard InChI is InChI=1S/C22H26N2O3/c1-26-17-9-10-21(27-2)18(14-17)20-8-5-12-23(20)15-22(25)24-13-11-16-6-3-4-7-19(16)24/h3-4,6-7,9-10,14,20H,5,8,11-13,15H2,1-2H3/t20-/m0/s1. The Kier molecular flexibility index (Phi) is 5.03. The van der Waals surface area contributed by atoms with Crippen LogP contribution < -0.4 is 14.4 Å². The minimum absolute atomic E-state index is 0.175. The molecule has 0 unspecified atom stereocenters. The average molecular weight is 366 g/mol. The molecule has 1 fully saturated rings. The molecular formula is C22H26N2O3. The number of methoxy groups -OCH3 is 2. The first-order valence-electron chi connectivity index (χ1n) is 9.55. The number of benzene rings is 2. The monoisotopic (exact) mass is 366 g/mol. The van der Waals surface area contributed by atoms with Crippen LogP contribution in [0.25, 0.3) is 0 Å². The smallest absolute Gasteiger partial charge is 0.241 e. The second-order valence-corrected chi connectivity index (χ2v) is 7.16. The molecule has 0 aliphatic carbocycles. The normalized spacial score (nSPS) is 19.2. The van der Waals surface area contributed by atoms with E-state index in [-0.39, 0.29) is 11.9 Å².